The summed E-state index contributed by atoms with van der Waals surface area (Å²) < 4.78 is 0. The van der Waals surface area contributed by atoms with Gasteiger partial charge in [0.1, 0.15) is 16.5 Å². The van der Waals surface area contributed by atoms with Crippen LogP contribution in [-0.2, 0) is 6.42 Å². The number of nitrogens with zero attached hydrogens (tertiary/aromatic N) is 4. The predicted molar refractivity (Wildman–Crippen MR) is 108 cm³/mol. The first kappa shape index (κ1) is 18.5. The number of aryl methyl sites for hydroxylation is 1. The van der Waals surface area contributed by atoms with Crippen LogP contribution in [0.4, 0.5) is 5.82 Å². The van der Waals surface area contributed by atoms with Crippen molar-refractivity contribution in [2.45, 2.75) is 40.2 Å². The van der Waals surface area contributed by atoms with Crippen LogP contribution in [0.2, 0.25) is 0 Å². The molecule has 2 aromatic heterocycles. The van der Waals surface area contributed by atoms with Crippen molar-refractivity contribution in [3.05, 3.63) is 16.8 Å². The van der Waals surface area contributed by atoms with Crippen LogP contribution in [0.3, 0.4) is 0 Å². The highest BCUT2D eigenvalue weighted by Crippen LogP contribution is 2.31. The van der Waals surface area contributed by atoms with Crippen LogP contribution < -0.4 is 5.32 Å². The SMILES string of the molecule is Cc1nc(NCC(C)N2CCN(C)CC2)c2c(CC(C)C)csc2n1. The minimum atomic E-state index is 0.506. The molecule has 3 heterocycles. The van der Waals surface area contributed by atoms with Crippen LogP contribution in [-0.4, -0.2) is 65.6 Å². The lowest BCUT2D eigenvalue weighted by Crippen LogP contribution is -2.49. The molecule has 0 bridgehead atoms. The molecule has 0 spiro atoms. The number of hydrogen-bond donors (Lipinski definition) is 1. The van der Waals surface area contributed by atoms with Crippen LogP contribution in [0.5, 0.6) is 0 Å². The average Bonchev–Trinajstić information content (AvgIpc) is 2.95. The van der Waals surface area contributed by atoms with E-state index in [4.69, 9.17) is 4.98 Å². The summed E-state index contributed by atoms with van der Waals surface area (Å²) in [5, 5.41) is 7.13. The molecule has 2 aromatic rings. The first-order valence-electron chi connectivity index (χ1n) is 9.35. The van der Waals surface area contributed by atoms with Gasteiger partial charge in [-0.1, -0.05) is 13.8 Å². The number of rotatable bonds is 6. The maximum absolute atomic E-state index is 4.73. The van der Waals surface area contributed by atoms with Gasteiger partial charge in [-0.15, -0.1) is 11.3 Å². The number of piperazine rings is 1. The predicted octanol–water partition coefficient (Wildman–Crippen LogP) is 3.25. The van der Waals surface area contributed by atoms with E-state index in [1.165, 1.54) is 10.9 Å². The van der Waals surface area contributed by atoms with Gasteiger partial charge >= 0.3 is 0 Å². The van der Waals surface area contributed by atoms with Crippen LogP contribution in [0, 0.1) is 12.8 Å². The maximum Gasteiger partial charge on any atom is 0.138 e. The van der Waals surface area contributed by atoms with Gasteiger partial charge < -0.3 is 10.2 Å². The smallest absolute Gasteiger partial charge is 0.138 e. The molecule has 1 N–H and O–H groups in total. The Morgan fingerprint density at radius 2 is 1.88 bits per heavy atom. The summed E-state index contributed by atoms with van der Waals surface area (Å²) >= 11 is 1.74. The van der Waals surface area contributed by atoms with Crippen molar-refractivity contribution in [3.8, 4) is 0 Å². The van der Waals surface area contributed by atoms with Crippen LogP contribution in [0.1, 0.15) is 32.2 Å². The van der Waals surface area contributed by atoms with Crippen molar-refractivity contribution in [1.82, 2.24) is 19.8 Å². The molecule has 138 valence electrons. The summed E-state index contributed by atoms with van der Waals surface area (Å²) in [6, 6.07) is 0.506. The second-order valence-electron chi connectivity index (χ2n) is 7.73. The van der Waals surface area contributed by atoms with E-state index in [9.17, 15) is 0 Å². The van der Waals surface area contributed by atoms with E-state index in [0.717, 1.165) is 55.6 Å². The summed E-state index contributed by atoms with van der Waals surface area (Å²) in [5.74, 6) is 2.50. The molecule has 3 rings (SSSR count). The average molecular weight is 362 g/mol. The highest BCUT2D eigenvalue weighted by molar-refractivity contribution is 7.17. The molecule has 0 aliphatic carbocycles. The number of aromatic nitrogens is 2. The summed E-state index contributed by atoms with van der Waals surface area (Å²) in [6.45, 7) is 14.4. The quantitative estimate of drug-likeness (QED) is 0.856. The van der Waals surface area contributed by atoms with Gasteiger partial charge in [0.15, 0.2) is 0 Å². The Bertz CT molecular complexity index is 703. The van der Waals surface area contributed by atoms with Gasteiger partial charge in [0.2, 0.25) is 0 Å². The monoisotopic (exact) mass is 361 g/mol. The molecule has 25 heavy (non-hydrogen) atoms. The highest BCUT2D eigenvalue weighted by atomic mass is 32.1. The Kier molecular flexibility index (Phi) is 5.92. The highest BCUT2D eigenvalue weighted by Gasteiger charge is 2.20. The van der Waals surface area contributed by atoms with E-state index >= 15 is 0 Å². The number of nitrogens with one attached hydrogen (secondary N) is 1. The Morgan fingerprint density at radius 1 is 1.16 bits per heavy atom. The fraction of sp³-hybridized carbons (Fsp3) is 0.684. The van der Waals surface area contributed by atoms with E-state index < -0.39 is 0 Å². The largest absolute Gasteiger partial charge is 0.368 e. The minimum Gasteiger partial charge on any atom is -0.368 e. The van der Waals surface area contributed by atoms with Gasteiger partial charge in [0, 0.05) is 38.8 Å². The zero-order valence-corrected chi connectivity index (χ0v) is 17.0. The van der Waals surface area contributed by atoms with Gasteiger partial charge in [-0.2, -0.15) is 0 Å². The normalized spacial score (nSPS) is 18.2. The zero-order valence-electron chi connectivity index (χ0n) is 16.2. The molecule has 5 nitrogen and oxygen atoms in total. The van der Waals surface area contributed by atoms with Gasteiger partial charge in [-0.05, 0) is 44.2 Å². The molecule has 1 fully saturated rings. The number of hydrogen-bond acceptors (Lipinski definition) is 6. The lowest BCUT2D eigenvalue weighted by atomic mass is 10.0. The van der Waals surface area contributed by atoms with Crippen molar-refractivity contribution in [3.63, 3.8) is 0 Å². The number of anilines is 1. The van der Waals surface area contributed by atoms with E-state index in [0.29, 0.717) is 12.0 Å². The van der Waals surface area contributed by atoms with Crippen molar-refractivity contribution < 1.29 is 0 Å². The molecular weight excluding hydrogens is 330 g/mol. The second kappa shape index (κ2) is 7.98. The van der Waals surface area contributed by atoms with Gasteiger partial charge in [-0.25, -0.2) is 9.97 Å². The molecule has 1 atom stereocenters. The lowest BCUT2D eigenvalue weighted by molar-refractivity contribution is 0.123. The van der Waals surface area contributed by atoms with Crippen LogP contribution >= 0.6 is 11.3 Å². The molecule has 1 aliphatic rings. The topological polar surface area (TPSA) is 44.3 Å². The lowest BCUT2D eigenvalue weighted by Gasteiger charge is -2.36. The molecule has 0 amide bonds. The summed E-state index contributed by atoms with van der Waals surface area (Å²) in [4.78, 5) is 15.4. The molecule has 0 saturated carbocycles. The number of thiophene rings is 1. The van der Waals surface area contributed by atoms with E-state index in [1.807, 2.05) is 6.92 Å². The molecule has 6 heteroatoms. The first-order chi connectivity index (χ1) is 11.9. The van der Waals surface area contributed by atoms with E-state index in [2.05, 4.69) is 53.3 Å². The summed E-state index contributed by atoms with van der Waals surface area (Å²) in [6.07, 6.45) is 1.08. The van der Waals surface area contributed by atoms with Crippen molar-refractivity contribution >= 4 is 27.4 Å². The van der Waals surface area contributed by atoms with Gasteiger partial charge in [-0.3, -0.25) is 4.90 Å². The maximum atomic E-state index is 4.73. The number of likely N-dealkylation sites (N-methyl/N-ethyl adjacent to an activating group) is 1. The fourth-order valence-corrected chi connectivity index (χ4v) is 4.46. The minimum absolute atomic E-state index is 0.506. The van der Waals surface area contributed by atoms with E-state index in [1.54, 1.807) is 11.3 Å². The molecule has 1 saturated heterocycles. The Hall–Kier alpha value is -1.24. The Balaban J connectivity index is 1.74. The Morgan fingerprint density at radius 3 is 2.56 bits per heavy atom. The third-order valence-corrected chi connectivity index (χ3v) is 5.90. The van der Waals surface area contributed by atoms with E-state index in [-0.39, 0.29) is 0 Å². The van der Waals surface area contributed by atoms with Crippen molar-refractivity contribution in [2.75, 3.05) is 45.1 Å². The second-order valence-corrected chi connectivity index (χ2v) is 8.59. The summed E-state index contributed by atoms with van der Waals surface area (Å²) in [5.41, 5.74) is 1.38. The molecular formula is C19H31N5S. The van der Waals surface area contributed by atoms with Crippen LogP contribution in [0.25, 0.3) is 10.2 Å². The fourth-order valence-electron chi connectivity index (χ4n) is 3.46. The summed E-state index contributed by atoms with van der Waals surface area (Å²) in [7, 11) is 2.20. The Labute approximate surface area is 155 Å². The standard InChI is InChI=1S/C19H31N5S/c1-13(2)10-16-12-25-19-17(16)18(21-15(4)22-19)20-11-14(3)24-8-6-23(5)7-9-24/h12-14H,6-11H2,1-5H3,(H,20,21,22). The first-order valence-corrected chi connectivity index (χ1v) is 10.2. The molecule has 1 aliphatic heterocycles. The van der Waals surface area contributed by atoms with Crippen LogP contribution in [0.15, 0.2) is 5.38 Å². The molecule has 0 radical (unpaired) electrons. The van der Waals surface area contributed by atoms with Crippen molar-refractivity contribution in [1.29, 1.82) is 0 Å². The zero-order chi connectivity index (χ0) is 18.0. The van der Waals surface area contributed by atoms with Crippen molar-refractivity contribution in [2.24, 2.45) is 5.92 Å². The molecule has 1 unspecified atom stereocenters. The van der Waals surface area contributed by atoms with Gasteiger partial charge in [0.25, 0.3) is 0 Å². The third-order valence-electron chi connectivity index (χ3n) is 4.98. The third kappa shape index (κ3) is 4.49. The van der Waals surface area contributed by atoms with Gasteiger partial charge in [0.05, 0.1) is 5.39 Å². The molecule has 0 aromatic carbocycles. The number of fused-ring (bicyclic) bond motifs is 1.